The molecular weight excluding hydrogens is 442 g/mol. The number of piperazine rings is 1. The number of hydrogen-bond donors (Lipinski definition) is 2. The fourth-order valence-electron chi connectivity index (χ4n) is 5.61. The van der Waals surface area contributed by atoms with Crippen molar-refractivity contribution in [2.75, 3.05) is 43.4 Å². The molecule has 188 valence electrons. The molecule has 0 spiro atoms. The quantitative estimate of drug-likeness (QED) is 0.604. The lowest BCUT2D eigenvalue weighted by Gasteiger charge is -2.42. The van der Waals surface area contributed by atoms with E-state index in [1.807, 2.05) is 12.1 Å². The minimum Gasteiger partial charge on any atom is -0.354 e. The second kappa shape index (κ2) is 9.60. The van der Waals surface area contributed by atoms with Gasteiger partial charge in [0.25, 0.3) is 5.91 Å². The lowest BCUT2D eigenvalue weighted by Crippen LogP contribution is -2.54. The molecule has 2 aromatic rings. The van der Waals surface area contributed by atoms with Crippen molar-refractivity contribution >= 4 is 23.3 Å². The first kappa shape index (κ1) is 23.8. The average molecular weight is 480 g/mol. The van der Waals surface area contributed by atoms with Gasteiger partial charge in [-0.1, -0.05) is 26.2 Å². The van der Waals surface area contributed by atoms with E-state index >= 15 is 0 Å². The lowest BCUT2D eigenvalue weighted by atomic mass is 9.66. The van der Waals surface area contributed by atoms with Crippen LogP contribution >= 0.6 is 0 Å². The van der Waals surface area contributed by atoms with Gasteiger partial charge >= 0.3 is 0 Å². The van der Waals surface area contributed by atoms with E-state index in [-0.39, 0.29) is 23.1 Å². The molecule has 2 saturated carbocycles. The van der Waals surface area contributed by atoms with Crippen LogP contribution in [0.15, 0.2) is 30.6 Å². The third-order valence-electron chi connectivity index (χ3n) is 8.33. The first-order chi connectivity index (χ1) is 16.8. The van der Waals surface area contributed by atoms with Crippen molar-refractivity contribution in [2.45, 2.75) is 45.1 Å². The van der Waals surface area contributed by atoms with Crippen molar-refractivity contribution in [3.05, 3.63) is 36.3 Å². The Balaban J connectivity index is 1.33. The van der Waals surface area contributed by atoms with Gasteiger partial charge in [0.2, 0.25) is 5.91 Å². The molecule has 3 aliphatic rings. The highest BCUT2D eigenvalue weighted by molar-refractivity contribution is 6.00. The number of hydrogen-bond acceptors (Lipinski definition) is 6. The molecule has 9 heteroatoms. The van der Waals surface area contributed by atoms with Crippen molar-refractivity contribution in [1.29, 1.82) is 0 Å². The summed E-state index contributed by atoms with van der Waals surface area (Å²) in [5.74, 6) is 1.07. The molecule has 2 N–H and O–H groups in total. The second-order valence-electron chi connectivity index (χ2n) is 10.8. The van der Waals surface area contributed by atoms with E-state index in [4.69, 9.17) is 0 Å². The molecule has 0 aromatic carbocycles. The number of aryl methyl sites for hydroxylation is 1. The van der Waals surface area contributed by atoms with Crippen LogP contribution in [0, 0.1) is 17.3 Å². The highest BCUT2D eigenvalue weighted by Gasteiger charge is 2.54. The number of nitrogens with one attached hydrogen (secondary N) is 2. The predicted molar refractivity (Wildman–Crippen MR) is 135 cm³/mol. The Morgan fingerprint density at radius 2 is 1.83 bits per heavy atom. The van der Waals surface area contributed by atoms with Crippen LogP contribution in [0.3, 0.4) is 0 Å². The zero-order chi connectivity index (χ0) is 24.6. The number of aromatic nitrogens is 3. The molecule has 5 rings (SSSR count). The minimum absolute atomic E-state index is 0.0936. The van der Waals surface area contributed by atoms with Gasteiger partial charge in [-0.05, 0) is 55.3 Å². The molecule has 2 amide bonds. The van der Waals surface area contributed by atoms with Crippen LogP contribution in [0.1, 0.15) is 49.5 Å². The fourth-order valence-corrected chi connectivity index (χ4v) is 5.61. The maximum atomic E-state index is 13.7. The fraction of sp³-hybridized carbons (Fsp3) is 0.615. The Morgan fingerprint density at radius 3 is 2.37 bits per heavy atom. The van der Waals surface area contributed by atoms with Crippen molar-refractivity contribution < 1.29 is 9.59 Å². The van der Waals surface area contributed by atoms with Gasteiger partial charge in [0, 0.05) is 39.4 Å². The number of anilines is 2. The van der Waals surface area contributed by atoms with Crippen LogP contribution < -0.4 is 15.5 Å². The smallest absolute Gasteiger partial charge is 0.270 e. The molecule has 9 nitrogen and oxygen atoms in total. The van der Waals surface area contributed by atoms with E-state index in [0.29, 0.717) is 17.3 Å². The Bertz CT molecular complexity index is 1050. The minimum atomic E-state index is -0.604. The third-order valence-corrected chi connectivity index (χ3v) is 8.33. The maximum Gasteiger partial charge on any atom is 0.270 e. The van der Waals surface area contributed by atoms with E-state index in [1.54, 1.807) is 30.2 Å². The van der Waals surface area contributed by atoms with Crippen LogP contribution in [-0.4, -0.2) is 70.7 Å². The molecule has 35 heavy (non-hydrogen) atoms. The van der Waals surface area contributed by atoms with Crippen LogP contribution in [0.5, 0.6) is 0 Å². The normalized spacial score (nSPS) is 21.6. The van der Waals surface area contributed by atoms with Gasteiger partial charge in [-0.2, -0.15) is 5.10 Å². The third kappa shape index (κ3) is 5.05. The average Bonchev–Trinajstić information content (AvgIpc) is 3.41. The van der Waals surface area contributed by atoms with Crippen LogP contribution in [0.2, 0.25) is 0 Å². The number of rotatable bonds is 8. The van der Waals surface area contributed by atoms with E-state index in [9.17, 15) is 9.59 Å². The summed E-state index contributed by atoms with van der Waals surface area (Å²) >= 11 is 0. The zero-order valence-corrected chi connectivity index (χ0v) is 21.0. The van der Waals surface area contributed by atoms with Gasteiger partial charge in [-0.3, -0.25) is 14.3 Å². The first-order valence-electron chi connectivity index (χ1n) is 12.8. The summed E-state index contributed by atoms with van der Waals surface area (Å²) in [4.78, 5) is 36.0. The molecule has 0 bridgehead atoms. The Morgan fingerprint density at radius 1 is 1.09 bits per heavy atom. The highest BCUT2D eigenvalue weighted by Crippen LogP contribution is 2.58. The van der Waals surface area contributed by atoms with Gasteiger partial charge in [-0.25, -0.2) is 4.98 Å². The molecule has 1 saturated heterocycles. The Kier molecular flexibility index (Phi) is 6.53. The Labute approximate surface area is 207 Å². The standard InChI is InChI=1S/C26H37N7O2/c1-26(10-11-26)22(18-5-4-6-18)23(30-24(34)20-9-12-28-32(20)3)25(35)29-19-7-8-21(27-17-19)33-15-13-31(2)14-16-33/h7-9,12,17-18,22-23H,4-6,10-11,13-16H2,1-3H3,(H,29,35)(H,30,34)/t22?,23-/m0/s1. The second-order valence-corrected chi connectivity index (χ2v) is 10.8. The number of nitrogens with zero attached hydrogens (tertiary/aromatic N) is 5. The van der Waals surface area contributed by atoms with Crippen LogP contribution in [-0.2, 0) is 11.8 Å². The van der Waals surface area contributed by atoms with E-state index < -0.39 is 6.04 Å². The molecule has 2 aliphatic carbocycles. The molecule has 3 heterocycles. The number of likely N-dealkylation sites (N-methyl/N-ethyl adjacent to an activating group) is 1. The maximum absolute atomic E-state index is 13.7. The molecule has 1 unspecified atom stereocenters. The molecule has 1 aliphatic heterocycles. The number of amides is 2. The first-order valence-corrected chi connectivity index (χ1v) is 12.8. The van der Waals surface area contributed by atoms with Crippen LogP contribution in [0.25, 0.3) is 0 Å². The van der Waals surface area contributed by atoms with Crippen molar-refractivity contribution in [3.63, 3.8) is 0 Å². The predicted octanol–water partition coefficient (Wildman–Crippen LogP) is 2.52. The molecule has 2 atom stereocenters. The largest absolute Gasteiger partial charge is 0.354 e. The number of carbonyl (C=O) groups excluding carboxylic acids is 2. The summed E-state index contributed by atoms with van der Waals surface area (Å²) in [6.45, 7) is 6.18. The lowest BCUT2D eigenvalue weighted by molar-refractivity contribution is -0.121. The van der Waals surface area contributed by atoms with Gasteiger partial charge in [0.15, 0.2) is 0 Å². The summed E-state index contributed by atoms with van der Waals surface area (Å²) in [5, 5.41) is 10.3. The van der Waals surface area contributed by atoms with Crippen molar-refractivity contribution in [3.8, 4) is 0 Å². The molecule has 3 fully saturated rings. The molecule has 2 aromatic heterocycles. The van der Waals surface area contributed by atoms with Gasteiger partial charge in [0.05, 0.1) is 11.9 Å². The van der Waals surface area contributed by atoms with Crippen molar-refractivity contribution in [2.24, 2.45) is 24.3 Å². The van der Waals surface area contributed by atoms with E-state index in [1.165, 1.54) is 6.42 Å². The summed E-state index contributed by atoms with van der Waals surface area (Å²) < 4.78 is 1.54. The Hall–Kier alpha value is -2.94. The number of carbonyl (C=O) groups is 2. The summed E-state index contributed by atoms with van der Waals surface area (Å²) in [7, 11) is 3.87. The van der Waals surface area contributed by atoms with E-state index in [0.717, 1.165) is 57.7 Å². The SMILES string of the molecule is CN1CCN(c2ccc(NC(=O)[C@@H](NC(=O)c3ccnn3C)C(C3CCC3)C3(C)CC3)cn2)CC1. The van der Waals surface area contributed by atoms with Gasteiger partial charge in [-0.15, -0.1) is 0 Å². The van der Waals surface area contributed by atoms with E-state index in [2.05, 4.69) is 44.5 Å². The van der Waals surface area contributed by atoms with Crippen molar-refractivity contribution in [1.82, 2.24) is 25.0 Å². The van der Waals surface area contributed by atoms with Gasteiger partial charge in [0.1, 0.15) is 17.6 Å². The number of pyridine rings is 1. The molecular formula is C26H37N7O2. The summed E-state index contributed by atoms with van der Waals surface area (Å²) in [5.41, 5.74) is 1.20. The highest BCUT2D eigenvalue weighted by atomic mass is 16.2. The monoisotopic (exact) mass is 479 g/mol. The zero-order valence-electron chi connectivity index (χ0n) is 21.0. The topological polar surface area (TPSA) is 95.4 Å². The molecule has 0 radical (unpaired) electrons. The van der Waals surface area contributed by atoms with Gasteiger partial charge < -0.3 is 20.4 Å². The summed E-state index contributed by atoms with van der Waals surface area (Å²) in [6, 6.07) is 4.96. The van der Waals surface area contributed by atoms with Crippen LogP contribution in [0.4, 0.5) is 11.5 Å². The summed E-state index contributed by atoms with van der Waals surface area (Å²) in [6.07, 6.45) is 8.95.